The van der Waals surface area contributed by atoms with E-state index >= 15 is 0 Å². The summed E-state index contributed by atoms with van der Waals surface area (Å²) in [7, 11) is 0. The predicted molar refractivity (Wildman–Crippen MR) is 118 cm³/mol. The number of aromatic nitrogens is 7. The highest BCUT2D eigenvalue weighted by atomic mass is 35.5. The van der Waals surface area contributed by atoms with Crippen molar-refractivity contribution in [2.75, 3.05) is 0 Å². The molecule has 1 fully saturated rings. The van der Waals surface area contributed by atoms with E-state index < -0.39 is 0 Å². The lowest BCUT2D eigenvalue weighted by atomic mass is 9.89. The first-order chi connectivity index (χ1) is 14.3. The average molecular weight is 425 g/mol. The number of imidazole rings is 1. The van der Waals surface area contributed by atoms with Gasteiger partial charge in [-0.2, -0.15) is 5.10 Å². The zero-order valence-electron chi connectivity index (χ0n) is 16.7. The minimum Gasteiger partial charge on any atom is -0.324 e. The highest BCUT2D eigenvalue weighted by molar-refractivity contribution is 5.85. The molecule has 156 valence electrons. The summed E-state index contributed by atoms with van der Waals surface area (Å²) in [6.45, 7) is 1.32. The van der Waals surface area contributed by atoms with Crippen LogP contribution in [0.3, 0.4) is 0 Å². The molecule has 30 heavy (non-hydrogen) atoms. The highest BCUT2D eigenvalue weighted by Crippen LogP contribution is 2.27. The van der Waals surface area contributed by atoms with Crippen LogP contribution >= 0.6 is 12.4 Å². The molecule has 0 unspecified atom stereocenters. The van der Waals surface area contributed by atoms with Crippen molar-refractivity contribution >= 4 is 23.7 Å². The SMILES string of the molecule is Cl.NCc1nc(-c2ccc(-c3cnc4ncn(CC5CCCCC5)c4n3)cc2)n[nH]1. The Morgan fingerprint density at radius 1 is 1.00 bits per heavy atom. The standard InChI is InChI=1S/C21H24N8.ClH/c22-10-18-26-19(28-27-18)16-8-6-15(7-9-16)17-11-23-20-21(25-17)29(13-24-20)12-14-4-2-1-3-5-14;/h6-9,11,13-14H,1-5,10,12,22H2,(H,26,27,28);1H. The minimum absolute atomic E-state index is 0. The number of rotatable bonds is 5. The number of benzene rings is 1. The summed E-state index contributed by atoms with van der Waals surface area (Å²) >= 11 is 0. The second-order valence-corrected chi connectivity index (χ2v) is 7.69. The number of hydrogen-bond acceptors (Lipinski definition) is 6. The summed E-state index contributed by atoms with van der Waals surface area (Å²) in [6.07, 6.45) is 10.3. The van der Waals surface area contributed by atoms with Crippen molar-refractivity contribution in [2.45, 2.75) is 45.2 Å². The number of nitrogens with one attached hydrogen (secondary N) is 1. The molecule has 4 aromatic rings. The van der Waals surface area contributed by atoms with Gasteiger partial charge in [0, 0.05) is 17.7 Å². The van der Waals surface area contributed by atoms with Gasteiger partial charge in [-0.25, -0.2) is 19.9 Å². The molecule has 0 spiro atoms. The summed E-state index contributed by atoms with van der Waals surface area (Å²) in [5, 5.41) is 7.04. The third-order valence-corrected chi connectivity index (χ3v) is 5.67. The van der Waals surface area contributed by atoms with Crippen LogP contribution in [0.15, 0.2) is 36.8 Å². The number of aromatic amines is 1. The maximum atomic E-state index is 5.59. The van der Waals surface area contributed by atoms with Gasteiger partial charge in [0.15, 0.2) is 17.1 Å². The zero-order valence-corrected chi connectivity index (χ0v) is 17.5. The maximum absolute atomic E-state index is 5.59. The Morgan fingerprint density at radius 3 is 2.50 bits per heavy atom. The first-order valence-electron chi connectivity index (χ1n) is 10.2. The van der Waals surface area contributed by atoms with E-state index in [-0.39, 0.29) is 12.4 Å². The van der Waals surface area contributed by atoms with Gasteiger partial charge in [0.1, 0.15) is 5.82 Å². The van der Waals surface area contributed by atoms with Gasteiger partial charge in [-0.1, -0.05) is 43.5 Å². The van der Waals surface area contributed by atoms with Crippen LogP contribution in [0.1, 0.15) is 37.9 Å². The lowest BCUT2D eigenvalue weighted by molar-refractivity contribution is 0.321. The van der Waals surface area contributed by atoms with Crippen molar-refractivity contribution in [1.82, 2.24) is 34.7 Å². The summed E-state index contributed by atoms with van der Waals surface area (Å²) in [6, 6.07) is 8.02. The summed E-state index contributed by atoms with van der Waals surface area (Å²) in [5.41, 5.74) is 9.93. The van der Waals surface area contributed by atoms with Crippen molar-refractivity contribution in [3.05, 3.63) is 42.6 Å². The van der Waals surface area contributed by atoms with Crippen LogP contribution in [0, 0.1) is 5.92 Å². The number of nitrogens with zero attached hydrogens (tertiary/aromatic N) is 6. The smallest absolute Gasteiger partial charge is 0.197 e. The van der Waals surface area contributed by atoms with Crippen LogP contribution in [0.25, 0.3) is 33.9 Å². The Morgan fingerprint density at radius 2 is 1.77 bits per heavy atom. The van der Waals surface area contributed by atoms with Gasteiger partial charge in [0.05, 0.1) is 24.8 Å². The fourth-order valence-corrected chi connectivity index (χ4v) is 4.06. The first-order valence-corrected chi connectivity index (χ1v) is 10.2. The maximum Gasteiger partial charge on any atom is 0.197 e. The van der Waals surface area contributed by atoms with Gasteiger partial charge in [-0.05, 0) is 18.8 Å². The minimum atomic E-state index is 0. The number of halogens is 1. The lowest BCUT2D eigenvalue weighted by Gasteiger charge is -2.21. The molecule has 0 saturated heterocycles. The van der Waals surface area contributed by atoms with Crippen molar-refractivity contribution < 1.29 is 0 Å². The monoisotopic (exact) mass is 424 g/mol. The van der Waals surface area contributed by atoms with E-state index in [0.717, 1.165) is 29.0 Å². The van der Waals surface area contributed by atoms with E-state index in [2.05, 4.69) is 29.7 Å². The van der Waals surface area contributed by atoms with Crippen LogP contribution in [0.5, 0.6) is 0 Å². The van der Waals surface area contributed by atoms with Gasteiger partial charge < -0.3 is 10.3 Å². The van der Waals surface area contributed by atoms with Crippen LogP contribution < -0.4 is 5.73 Å². The molecule has 5 rings (SSSR count). The Labute approximate surface area is 180 Å². The predicted octanol–water partition coefficient (Wildman–Crippen LogP) is 3.74. The van der Waals surface area contributed by atoms with Crippen molar-refractivity contribution in [3.8, 4) is 22.6 Å². The number of H-pyrrole nitrogens is 1. The Balaban J connectivity index is 0.00000218. The van der Waals surface area contributed by atoms with Gasteiger partial charge in [0.2, 0.25) is 0 Å². The molecule has 9 heteroatoms. The second kappa shape index (κ2) is 8.89. The third-order valence-electron chi connectivity index (χ3n) is 5.67. The molecular weight excluding hydrogens is 400 g/mol. The molecule has 3 aromatic heterocycles. The largest absolute Gasteiger partial charge is 0.324 e. The van der Waals surface area contributed by atoms with Crippen molar-refractivity contribution in [1.29, 1.82) is 0 Å². The molecule has 3 heterocycles. The molecule has 0 radical (unpaired) electrons. The molecule has 1 aliphatic carbocycles. The molecular formula is C21H25ClN8. The molecule has 1 aliphatic rings. The fourth-order valence-electron chi connectivity index (χ4n) is 4.06. The normalized spacial score (nSPS) is 14.7. The Bertz CT molecular complexity index is 1110. The third kappa shape index (κ3) is 4.06. The number of hydrogen-bond donors (Lipinski definition) is 2. The summed E-state index contributed by atoms with van der Waals surface area (Å²) in [4.78, 5) is 18.2. The quantitative estimate of drug-likeness (QED) is 0.504. The summed E-state index contributed by atoms with van der Waals surface area (Å²) < 4.78 is 2.16. The van der Waals surface area contributed by atoms with E-state index in [0.29, 0.717) is 29.8 Å². The molecule has 1 aromatic carbocycles. The average Bonchev–Trinajstić information content (AvgIpc) is 3.42. The van der Waals surface area contributed by atoms with Crippen LogP contribution in [0.2, 0.25) is 0 Å². The van der Waals surface area contributed by atoms with Gasteiger partial charge in [-0.3, -0.25) is 5.10 Å². The van der Waals surface area contributed by atoms with Crippen LogP contribution in [-0.2, 0) is 13.1 Å². The van der Waals surface area contributed by atoms with Gasteiger partial charge >= 0.3 is 0 Å². The highest BCUT2D eigenvalue weighted by Gasteiger charge is 2.16. The van der Waals surface area contributed by atoms with E-state index in [4.69, 9.17) is 10.7 Å². The van der Waals surface area contributed by atoms with Gasteiger partial charge in [-0.15, -0.1) is 12.4 Å². The fraction of sp³-hybridized carbons (Fsp3) is 0.381. The topological polar surface area (TPSA) is 111 Å². The Hall–Kier alpha value is -2.84. The second-order valence-electron chi connectivity index (χ2n) is 7.69. The van der Waals surface area contributed by atoms with E-state index in [1.807, 2.05) is 30.6 Å². The molecule has 0 bridgehead atoms. The molecule has 0 atom stereocenters. The zero-order chi connectivity index (χ0) is 19.6. The number of fused-ring (bicyclic) bond motifs is 1. The van der Waals surface area contributed by atoms with Crippen LogP contribution in [-0.4, -0.2) is 34.7 Å². The molecule has 8 nitrogen and oxygen atoms in total. The van der Waals surface area contributed by atoms with Gasteiger partial charge in [0.25, 0.3) is 0 Å². The molecule has 0 amide bonds. The molecule has 3 N–H and O–H groups in total. The summed E-state index contributed by atoms with van der Waals surface area (Å²) in [5.74, 6) is 2.03. The van der Waals surface area contributed by atoms with Crippen molar-refractivity contribution in [2.24, 2.45) is 11.7 Å². The molecule has 1 saturated carbocycles. The lowest BCUT2D eigenvalue weighted by Crippen LogP contribution is -2.13. The number of nitrogens with two attached hydrogens (primary N) is 1. The van der Waals surface area contributed by atoms with Crippen molar-refractivity contribution in [3.63, 3.8) is 0 Å². The van der Waals surface area contributed by atoms with Crippen LogP contribution in [0.4, 0.5) is 0 Å². The first kappa shape index (κ1) is 20.4. The van der Waals surface area contributed by atoms with E-state index in [1.165, 1.54) is 32.1 Å². The van der Waals surface area contributed by atoms with E-state index in [1.54, 1.807) is 6.20 Å². The van der Waals surface area contributed by atoms with E-state index in [9.17, 15) is 0 Å². The molecule has 0 aliphatic heterocycles. The Kier molecular flexibility index (Phi) is 6.06.